The summed E-state index contributed by atoms with van der Waals surface area (Å²) in [5, 5.41) is 12.3. The second-order valence-electron chi connectivity index (χ2n) is 5.14. The zero-order valence-electron chi connectivity index (χ0n) is 12.8. The summed E-state index contributed by atoms with van der Waals surface area (Å²) in [7, 11) is 0. The maximum absolute atomic E-state index is 11.0. The third kappa shape index (κ3) is 3.70. The van der Waals surface area contributed by atoms with Gasteiger partial charge in [0.1, 0.15) is 0 Å². The molecular weight excluding hydrogens is 320 g/mol. The van der Waals surface area contributed by atoms with Gasteiger partial charge >= 0.3 is 5.97 Å². The Bertz CT molecular complexity index is 866. The highest BCUT2D eigenvalue weighted by molar-refractivity contribution is 7.99. The topological polar surface area (TPSA) is 75.4 Å². The first-order valence-electron chi connectivity index (χ1n) is 7.35. The summed E-state index contributed by atoms with van der Waals surface area (Å²) in [5.41, 5.74) is 8.15. The molecule has 3 aromatic rings. The van der Waals surface area contributed by atoms with Gasteiger partial charge in [-0.3, -0.25) is 0 Å². The number of anilines is 3. The zero-order valence-corrected chi connectivity index (χ0v) is 13.6. The third-order valence-corrected chi connectivity index (χ3v) is 4.51. The molecule has 5 heteroatoms. The lowest BCUT2D eigenvalue weighted by Gasteiger charge is -2.14. The summed E-state index contributed by atoms with van der Waals surface area (Å²) in [4.78, 5) is 13.2. The van der Waals surface area contributed by atoms with E-state index in [1.54, 1.807) is 17.8 Å². The number of nitrogen functional groups attached to an aromatic ring is 1. The first kappa shape index (κ1) is 16.0. The SMILES string of the molecule is Nc1cc(C(=O)O)ccc1Nc1ccccc1Sc1ccccc1. The number of carboxylic acids is 1. The molecule has 24 heavy (non-hydrogen) atoms. The van der Waals surface area contributed by atoms with Crippen molar-refractivity contribution in [3.63, 3.8) is 0 Å². The number of nitrogens with two attached hydrogens (primary N) is 1. The summed E-state index contributed by atoms with van der Waals surface area (Å²) in [6.45, 7) is 0. The lowest BCUT2D eigenvalue weighted by molar-refractivity contribution is 0.0697. The van der Waals surface area contributed by atoms with Gasteiger partial charge in [0.05, 0.1) is 22.6 Å². The Morgan fingerprint density at radius 1 is 0.917 bits per heavy atom. The maximum Gasteiger partial charge on any atom is 0.335 e. The summed E-state index contributed by atoms with van der Waals surface area (Å²) in [6, 6.07) is 22.7. The molecule has 0 radical (unpaired) electrons. The van der Waals surface area contributed by atoms with E-state index in [2.05, 4.69) is 17.4 Å². The van der Waals surface area contributed by atoms with Crippen LogP contribution in [0.3, 0.4) is 0 Å². The number of carboxylic acid groups (broad SMARTS) is 1. The molecular formula is C19H16N2O2S. The van der Waals surface area contributed by atoms with E-state index in [9.17, 15) is 4.79 Å². The Balaban J connectivity index is 1.87. The Morgan fingerprint density at radius 2 is 1.62 bits per heavy atom. The monoisotopic (exact) mass is 336 g/mol. The minimum Gasteiger partial charge on any atom is -0.478 e. The van der Waals surface area contributed by atoms with Crippen LogP contribution in [-0.2, 0) is 0 Å². The highest BCUT2D eigenvalue weighted by Crippen LogP contribution is 2.35. The largest absolute Gasteiger partial charge is 0.478 e. The van der Waals surface area contributed by atoms with Gasteiger partial charge in [0.2, 0.25) is 0 Å². The van der Waals surface area contributed by atoms with E-state index >= 15 is 0 Å². The van der Waals surface area contributed by atoms with Gasteiger partial charge in [-0.1, -0.05) is 42.1 Å². The minimum absolute atomic E-state index is 0.171. The van der Waals surface area contributed by atoms with Gasteiger partial charge in [0, 0.05) is 9.79 Å². The first-order chi connectivity index (χ1) is 11.6. The van der Waals surface area contributed by atoms with Crippen molar-refractivity contribution < 1.29 is 9.90 Å². The lowest BCUT2D eigenvalue weighted by Crippen LogP contribution is -2.01. The van der Waals surface area contributed by atoms with Gasteiger partial charge in [0.25, 0.3) is 0 Å². The molecule has 0 aliphatic heterocycles. The normalized spacial score (nSPS) is 10.3. The average Bonchev–Trinajstić information content (AvgIpc) is 2.59. The van der Waals surface area contributed by atoms with Crippen molar-refractivity contribution in [1.29, 1.82) is 0 Å². The Morgan fingerprint density at radius 3 is 2.33 bits per heavy atom. The standard InChI is InChI=1S/C19H16N2O2S/c20-15-12-13(19(22)23)10-11-16(15)21-17-8-4-5-9-18(17)24-14-6-2-1-3-7-14/h1-12,21H,20H2,(H,22,23). The molecule has 0 aromatic heterocycles. The molecule has 0 bridgehead atoms. The summed E-state index contributed by atoms with van der Waals surface area (Å²) >= 11 is 1.65. The van der Waals surface area contributed by atoms with Crippen LogP contribution in [0.5, 0.6) is 0 Å². The van der Waals surface area contributed by atoms with Crippen LogP contribution >= 0.6 is 11.8 Å². The minimum atomic E-state index is -0.992. The average molecular weight is 336 g/mol. The van der Waals surface area contributed by atoms with Crippen molar-refractivity contribution in [2.24, 2.45) is 0 Å². The molecule has 0 spiro atoms. The zero-order chi connectivity index (χ0) is 16.9. The van der Waals surface area contributed by atoms with Gasteiger partial charge < -0.3 is 16.2 Å². The van der Waals surface area contributed by atoms with Crippen LogP contribution in [-0.4, -0.2) is 11.1 Å². The number of hydrogen-bond acceptors (Lipinski definition) is 4. The molecule has 3 aromatic carbocycles. The van der Waals surface area contributed by atoms with Crippen LogP contribution in [0.1, 0.15) is 10.4 Å². The Kier molecular flexibility index (Phi) is 4.72. The van der Waals surface area contributed by atoms with Crippen LogP contribution in [0.2, 0.25) is 0 Å². The molecule has 0 amide bonds. The number of benzene rings is 3. The Hall–Kier alpha value is -2.92. The molecule has 0 aliphatic carbocycles. The molecule has 0 unspecified atom stereocenters. The highest BCUT2D eigenvalue weighted by atomic mass is 32.2. The fourth-order valence-electron chi connectivity index (χ4n) is 2.23. The molecule has 0 saturated heterocycles. The number of rotatable bonds is 5. The third-order valence-electron chi connectivity index (χ3n) is 3.43. The van der Waals surface area contributed by atoms with E-state index in [1.165, 1.54) is 12.1 Å². The van der Waals surface area contributed by atoms with Crippen molar-refractivity contribution in [2.45, 2.75) is 9.79 Å². The molecule has 0 atom stereocenters. The predicted molar refractivity (Wildman–Crippen MR) is 98.1 cm³/mol. The number of aromatic carboxylic acids is 1. The van der Waals surface area contributed by atoms with Gasteiger partial charge in [-0.05, 0) is 42.5 Å². The number of hydrogen-bond donors (Lipinski definition) is 3. The van der Waals surface area contributed by atoms with Crippen molar-refractivity contribution in [1.82, 2.24) is 0 Å². The van der Waals surface area contributed by atoms with Crippen LogP contribution in [0.15, 0.2) is 82.6 Å². The number of nitrogens with one attached hydrogen (secondary N) is 1. The highest BCUT2D eigenvalue weighted by Gasteiger charge is 2.09. The molecule has 4 nitrogen and oxygen atoms in total. The molecule has 0 aliphatic rings. The fraction of sp³-hybridized carbons (Fsp3) is 0. The van der Waals surface area contributed by atoms with Gasteiger partial charge in [-0.2, -0.15) is 0 Å². The van der Waals surface area contributed by atoms with E-state index in [-0.39, 0.29) is 5.56 Å². The second-order valence-corrected chi connectivity index (χ2v) is 6.26. The van der Waals surface area contributed by atoms with Gasteiger partial charge in [-0.25, -0.2) is 4.79 Å². The molecule has 0 saturated carbocycles. The van der Waals surface area contributed by atoms with Gasteiger partial charge in [0.15, 0.2) is 0 Å². The molecule has 0 heterocycles. The maximum atomic E-state index is 11.0. The van der Waals surface area contributed by atoms with Crippen LogP contribution in [0.25, 0.3) is 0 Å². The fourth-order valence-corrected chi connectivity index (χ4v) is 3.15. The van der Waals surface area contributed by atoms with Crippen molar-refractivity contribution in [3.05, 3.63) is 78.4 Å². The van der Waals surface area contributed by atoms with E-state index in [0.29, 0.717) is 11.4 Å². The smallest absolute Gasteiger partial charge is 0.335 e. The van der Waals surface area contributed by atoms with Crippen LogP contribution < -0.4 is 11.1 Å². The summed E-state index contributed by atoms with van der Waals surface area (Å²) in [6.07, 6.45) is 0. The van der Waals surface area contributed by atoms with Crippen LogP contribution in [0, 0.1) is 0 Å². The predicted octanol–water partition coefficient (Wildman–Crippen LogP) is 4.86. The molecule has 0 fully saturated rings. The van der Waals surface area contributed by atoms with Crippen molar-refractivity contribution >= 4 is 34.8 Å². The van der Waals surface area contributed by atoms with E-state index in [1.807, 2.05) is 42.5 Å². The second kappa shape index (κ2) is 7.10. The van der Waals surface area contributed by atoms with E-state index in [0.717, 1.165) is 15.5 Å². The molecule has 120 valence electrons. The molecule has 3 rings (SSSR count). The summed E-state index contributed by atoms with van der Waals surface area (Å²) < 4.78 is 0. The first-order valence-corrected chi connectivity index (χ1v) is 8.17. The summed E-state index contributed by atoms with van der Waals surface area (Å²) in [5.74, 6) is -0.992. The number of carbonyl (C=O) groups is 1. The van der Waals surface area contributed by atoms with E-state index in [4.69, 9.17) is 10.8 Å². The van der Waals surface area contributed by atoms with Crippen molar-refractivity contribution in [3.8, 4) is 0 Å². The van der Waals surface area contributed by atoms with Crippen molar-refractivity contribution in [2.75, 3.05) is 11.1 Å². The number of para-hydroxylation sites is 1. The van der Waals surface area contributed by atoms with E-state index < -0.39 is 5.97 Å². The van der Waals surface area contributed by atoms with Gasteiger partial charge in [-0.15, -0.1) is 0 Å². The lowest BCUT2D eigenvalue weighted by atomic mass is 10.1. The quantitative estimate of drug-likeness (QED) is 0.580. The van der Waals surface area contributed by atoms with Crippen LogP contribution in [0.4, 0.5) is 17.1 Å². The molecule has 4 N–H and O–H groups in total. The Labute approximate surface area is 144 Å².